The van der Waals surface area contributed by atoms with E-state index < -0.39 is 5.97 Å². The van der Waals surface area contributed by atoms with Gasteiger partial charge in [-0.05, 0) is 35.4 Å². The normalized spacial score (nSPS) is 10.6. The van der Waals surface area contributed by atoms with Crippen LogP contribution in [0.15, 0.2) is 53.2 Å². The number of nitrogens with one attached hydrogen (secondary N) is 1. The summed E-state index contributed by atoms with van der Waals surface area (Å²) in [5.41, 5.74) is 1.63. The predicted octanol–water partition coefficient (Wildman–Crippen LogP) is 2.31. The van der Waals surface area contributed by atoms with Gasteiger partial charge in [-0.2, -0.15) is 0 Å². The Hall–Kier alpha value is -2.82. The second kappa shape index (κ2) is 6.38. The highest BCUT2D eigenvalue weighted by Gasteiger charge is 2.07. The van der Waals surface area contributed by atoms with Crippen molar-refractivity contribution in [2.45, 2.75) is 6.54 Å². The van der Waals surface area contributed by atoms with Crippen LogP contribution in [0.3, 0.4) is 0 Å². The molecule has 1 amide bonds. The Morgan fingerprint density at radius 3 is 2.80 bits per heavy atom. The molecule has 2 aromatic rings. The van der Waals surface area contributed by atoms with E-state index in [1.54, 1.807) is 24.3 Å². The van der Waals surface area contributed by atoms with Gasteiger partial charge in [0.2, 0.25) is 0 Å². The highest BCUT2D eigenvalue weighted by atomic mass is 16.4. The van der Waals surface area contributed by atoms with E-state index in [1.807, 2.05) is 12.1 Å². The van der Waals surface area contributed by atoms with Gasteiger partial charge in [-0.15, -0.1) is 0 Å². The van der Waals surface area contributed by atoms with Crippen molar-refractivity contribution in [1.29, 1.82) is 0 Å². The lowest BCUT2D eigenvalue weighted by molar-refractivity contribution is -0.131. The lowest BCUT2D eigenvalue weighted by Gasteiger charge is -2.04. The Morgan fingerprint density at radius 2 is 2.10 bits per heavy atom. The molecule has 2 rings (SSSR count). The van der Waals surface area contributed by atoms with Crippen LogP contribution in [-0.2, 0) is 11.3 Å². The fourth-order valence-electron chi connectivity index (χ4n) is 1.65. The fourth-order valence-corrected chi connectivity index (χ4v) is 1.65. The maximum Gasteiger partial charge on any atom is 0.328 e. The molecule has 0 saturated carbocycles. The standard InChI is InChI=1S/C15H13NO4/c17-14(18)7-6-11-3-1-4-12(9-11)10-16-15(19)13-5-2-8-20-13/h1-9H,10H2,(H,16,19)(H,17,18). The number of benzene rings is 1. The fraction of sp³-hybridized carbons (Fsp3) is 0.0667. The Kier molecular flexibility index (Phi) is 4.34. The van der Waals surface area contributed by atoms with Gasteiger partial charge in [-0.3, -0.25) is 4.79 Å². The van der Waals surface area contributed by atoms with Crippen LogP contribution in [0.25, 0.3) is 6.08 Å². The maximum atomic E-state index is 11.7. The van der Waals surface area contributed by atoms with E-state index in [0.29, 0.717) is 6.54 Å². The minimum atomic E-state index is -0.999. The molecule has 0 saturated heterocycles. The minimum absolute atomic E-state index is 0.256. The number of carbonyl (C=O) groups excluding carboxylic acids is 1. The number of carboxylic acids is 1. The van der Waals surface area contributed by atoms with E-state index in [-0.39, 0.29) is 11.7 Å². The third-order valence-electron chi connectivity index (χ3n) is 2.57. The van der Waals surface area contributed by atoms with Crippen molar-refractivity contribution in [3.05, 3.63) is 65.6 Å². The quantitative estimate of drug-likeness (QED) is 0.818. The molecule has 1 aromatic carbocycles. The number of hydrogen-bond acceptors (Lipinski definition) is 3. The van der Waals surface area contributed by atoms with E-state index in [2.05, 4.69) is 5.32 Å². The molecule has 1 heterocycles. The second-order valence-corrected chi connectivity index (χ2v) is 4.08. The van der Waals surface area contributed by atoms with Crippen LogP contribution >= 0.6 is 0 Å². The highest BCUT2D eigenvalue weighted by molar-refractivity contribution is 5.91. The van der Waals surface area contributed by atoms with Crippen LogP contribution in [0, 0.1) is 0 Å². The van der Waals surface area contributed by atoms with Crippen molar-refractivity contribution in [3.63, 3.8) is 0 Å². The highest BCUT2D eigenvalue weighted by Crippen LogP contribution is 2.08. The van der Waals surface area contributed by atoms with Gasteiger partial charge < -0.3 is 14.8 Å². The Bertz CT molecular complexity index is 629. The van der Waals surface area contributed by atoms with Crippen LogP contribution in [0.5, 0.6) is 0 Å². The summed E-state index contributed by atoms with van der Waals surface area (Å²) in [5, 5.41) is 11.3. The monoisotopic (exact) mass is 271 g/mol. The van der Waals surface area contributed by atoms with Crippen LogP contribution < -0.4 is 5.32 Å². The van der Waals surface area contributed by atoms with E-state index in [9.17, 15) is 9.59 Å². The maximum absolute atomic E-state index is 11.7. The number of amides is 1. The number of aliphatic carboxylic acids is 1. The van der Waals surface area contributed by atoms with Gasteiger partial charge in [-0.25, -0.2) is 4.79 Å². The van der Waals surface area contributed by atoms with Gasteiger partial charge in [0.1, 0.15) is 0 Å². The van der Waals surface area contributed by atoms with Crippen LogP contribution in [0.2, 0.25) is 0 Å². The van der Waals surface area contributed by atoms with Gasteiger partial charge in [0.25, 0.3) is 5.91 Å². The summed E-state index contributed by atoms with van der Waals surface area (Å²) in [6, 6.07) is 10.5. The molecular formula is C15H13NO4. The zero-order valence-corrected chi connectivity index (χ0v) is 10.6. The molecule has 102 valence electrons. The zero-order chi connectivity index (χ0) is 14.4. The number of carbonyl (C=O) groups is 2. The number of rotatable bonds is 5. The van der Waals surface area contributed by atoms with Crippen LogP contribution in [-0.4, -0.2) is 17.0 Å². The molecule has 0 fully saturated rings. The van der Waals surface area contributed by atoms with Gasteiger partial charge in [0.05, 0.1) is 6.26 Å². The largest absolute Gasteiger partial charge is 0.478 e. The summed E-state index contributed by atoms with van der Waals surface area (Å²) in [7, 11) is 0. The Morgan fingerprint density at radius 1 is 1.25 bits per heavy atom. The van der Waals surface area contributed by atoms with Crippen LogP contribution in [0.1, 0.15) is 21.7 Å². The van der Waals surface area contributed by atoms with Crippen molar-refractivity contribution in [2.24, 2.45) is 0 Å². The molecule has 0 aliphatic heterocycles. The van der Waals surface area contributed by atoms with E-state index in [4.69, 9.17) is 9.52 Å². The third-order valence-corrected chi connectivity index (χ3v) is 2.57. The molecule has 20 heavy (non-hydrogen) atoms. The van der Waals surface area contributed by atoms with Crippen molar-refractivity contribution < 1.29 is 19.1 Å². The summed E-state index contributed by atoms with van der Waals surface area (Å²) in [4.78, 5) is 22.1. The number of hydrogen-bond donors (Lipinski definition) is 2. The van der Waals surface area contributed by atoms with Crippen molar-refractivity contribution >= 4 is 18.0 Å². The first kappa shape index (κ1) is 13.6. The van der Waals surface area contributed by atoms with Crippen LogP contribution in [0.4, 0.5) is 0 Å². The molecule has 0 spiro atoms. The Balaban J connectivity index is 1.98. The average Bonchev–Trinajstić information content (AvgIpc) is 2.97. The summed E-state index contributed by atoms with van der Waals surface area (Å²) in [5.74, 6) is -1.03. The summed E-state index contributed by atoms with van der Waals surface area (Å²) >= 11 is 0. The van der Waals surface area contributed by atoms with E-state index >= 15 is 0 Å². The third kappa shape index (κ3) is 3.84. The van der Waals surface area contributed by atoms with E-state index in [1.165, 1.54) is 12.3 Å². The molecule has 1 aromatic heterocycles. The molecule has 2 N–H and O–H groups in total. The molecule has 0 aliphatic rings. The SMILES string of the molecule is O=C(O)C=Cc1cccc(CNC(=O)c2ccco2)c1. The molecule has 0 radical (unpaired) electrons. The first-order valence-corrected chi connectivity index (χ1v) is 5.97. The lowest BCUT2D eigenvalue weighted by Crippen LogP contribution is -2.22. The molecule has 5 nitrogen and oxygen atoms in total. The molecular weight excluding hydrogens is 258 g/mol. The summed E-state index contributed by atoms with van der Waals surface area (Å²) in [6.45, 7) is 0.342. The molecule has 0 bridgehead atoms. The Labute approximate surface area is 115 Å². The van der Waals surface area contributed by atoms with Gasteiger partial charge >= 0.3 is 5.97 Å². The van der Waals surface area contributed by atoms with Gasteiger partial charge in [0, 0.05) is 12.6 Å². The molecule has 0 aliphatic carbocycles. The number of furan rings is 1. The van der Waals surface area contributed by atoms with Crippen molar-refractivity contribution in [1.82, 2.24) is 5.32 Å². The zero-order valence-electron chi connectivity index (χ0n) is 10.6. The average molecular weight is 271 g/mol. The van der Waals surface area contributed by atoms with Crippen molar-refractivity contribution in [2.75, 3.05) is 0 Å². The van der Waals surface area contributed by atoms with E-state index in [0.717, 1.165) is 17.2 Å². The second-order valence-electron chi connectivity index (χ2n) is 4.08. The molecule has 0 atom stereocenters. The first-order chi connectivity index (χ1) is 9.65. The minimum Gasteiger partial charge on any atom is -0.478 e. The van der Waals surface area contributed by atoms with Gasteiger partial charge in [0.15, 0.2) is 5.76 Å². The lowest BCUT2D eigenvalue weighted by atomic mass is 10.1. The van der Waals surface area contributed by atoms with Crippen molar-refractivity contribution in [3.8, 4) is 0 Å². The predicted molar refractivity (Wildman–Crippen MR) is 73.0 cm³/mol. The topological polar surface area (TPSA) is 79.5 Å². The number of carboxylic acid groups (broad SMARTS) is 1. The summed E-state index contributed by atoms with van der Waals surface area (Å²) < 4.78 is 4.98. The molecule has 0 unspecified atom stereocenters. The first-order valence-electron chi connectivity index (χ1n) is 5.97. The summed E-state index contributed by atoms with van der Waals surface area (Å²) in [6.07, 6.45) is 4.01. The van der Waals surface area contributed by atoms with Gasteiger partial charge in [-0.1, -0.05) is 18.2 Å². The molecule has 5 heteroatoms. The smallest absolute Gasteiger partial charge is 0.328 e.